The quantitative estimate of drug-likeness (QED) is 0.633. The maximum Gasteiger partial charge on any atom is 0.374 e. The van der Waals surface area contributed by atoms with Gasteiger partial charge in [0.05, 0.1) is 31.7 Å². The number of thiazole rings is 1. The van der Waals surface area contributed by atoms with Crippen molar-refractivity contribution in [1.82, 2.24) is 4.98 Å². The molecule has 3 rings (SSSR count). The highest BCUT2D eigenvalue weighted by Gasteiger charge is 2.16. The lowest BCUT2D eigenvalue weighted by molar-refractivity contribution is 0.0432. The fourth-order valence-electron chi connectivity index (χ4n) is 2.16. The molecule has 0 bridgehead atoms. The molecule has 3 aromatic rings. The van der Waals surface area contributed by atoms with Crippen LogP contribution in [-0.2, 0) is 11.3 Å². The largest absolute Gasteiger partial charge is 0.493 e. The summed E-state index contributed by atoms with van der Waals surface area (Å²) < 4.78 is 20.9. The molecule has 7 heteroatoms. The van der Waals surface area contributed by atoms with Gasteiger partial charge in [0.25, 0.3) is 0 Å². The Hall–Kier alpha value is -2.80. The number of hydrogen-bond donors (Lipinski definition) is 0. The van der Waals surface area contributed by atoms with Crippen molar-refractivity contribution in [3.8, 4) is 22.1 Å². The van der Waals surface area contributed by atoms with Crippen molar-refractivity contribution in [2.45, 2.75) is 6.61 Å². The summed E-state index contributed by atoms with van der Waals surface area (Å²) in [5.74, 6) is 0.901. The smallest absolute Gasteiger partial charge is 0.374 e. The first-order valence-electron chi connectivity index (χ1n) is 7.09. The van der Waals surface area contributed by atoms with Gasteiger partial charge in [-0.2, -0.15) is 0 Å². The number of furan rings is 1. The molecule has 0 N–H and O–H groups in total. The molecule has 2 aromatic heterocycles. The number of rotatable bonds is 6. The van der Waals surface area contributed by atoms with E-state index in [1.165, 1.54) is 17.6 Å². The summed E-state index contributed by atoms with van der Waals surface area (Å²) in [5.41, 5.74) is 1.48. The van der Waals surface area contributed by atoms with Crippen molar-refractivity contribution < 1.29 is 23.4 Å². The second kappa shape index (κ2) is 7.18. The van der Waals surface area contributed by atoms with Crippen molar-refractivity contribution in [2.75, 3.05) is 14.2 Å². The van der Waals surface area contributed by atoms with Gasteiger partial charge in [0.2, 0.25) is 5.76 Å². The van der Waals surface area contributed by atoms with Crippen LogP contribution in [-0.4, -0.2) is 25.2 Å². The standard InChI is InChI=1S/C17H15NO5S/c1-20-13-6-3-5-12(15(13)21-2)16-18-11(10-24-16)9-23-17(19)14-7-4-8-22-14/h3-8,10H,9H2,1-2H3. The summed E-state index contributed by atoms with van der Waals surface area (Å²) in [4.78, 5) is 16.3. The summed E-state index contributed by atoms with van der Waals surface area (Å²) in [6.45, 7) is 0.0717. The monoisotopic (exact) mass is 345 g/mol. The van der Waals surface area contributed by atoms with Gasteiger partial charge in [0.15, 0.2) is 11.5 Å². The minimum Gasteiger partial charge on any atom is -0.493 e. The highest BCUT2D eigenvalue weighted by molar-refractivity contribution is 7.13. The van der Waals surface area contributed by atoms with Crippen molar-refractivity contribution in [1.29, 1.82) is 0 Å². The lowest BCUT2D eigenvalue weighted by Gasteiger charge is -2.10. The molecule has 0 aliphatic heterocycles. The average Bonchev–Trinajstić information content (AvgIpc) is 3.30. The lowest BCUT2D eigenvalue weighted by Crippen LogP contribution is -2.04. The molecule has 0 saturated carbocycles. The Kier molecular flexibility index (Phi) is 4.81. The van der Waals surface area contributed by atoms with Gasteiger partial charge < -0.3 is 18.6 Å². The predicted octanol–water partition coefficient (Wildman–Crippen LogP) is 3.78. The van der Waals surface area contributed by atoms with E-state index in [1.807, 2.05) is 23.6 Å². The first kappa shape index (κ1) is 16.1. The van der Waals surface area contributed by atoms with Crippen LogP contribution in [0.4, 0.5) is 0 Å². The fourth-order valence-corrected chi connectivity index (χ4v) is 2.98. The second-order valence-electron chi connectivity index (χ2n) is 4.74. The fraction of sp³-hybridized carbons (Fsp3) is 0.176. The number of hydrogen-bond acceptors (Lipinski definition) is 7. The summed E-state index contributed by atoms with van der Waals surface area (Å²) in [6.07, 6.45) is 1.42. The molecular formula is C17H15NO5S. The maximum atomic E-state index is 11.8. The number of ether oxygens (including phenoxy) is 3. The van der Waals surface area contributed by atoms with E-state index in [9.17, 15) is 4.79 Å². The van der Waals surface area contributed by atoms with Crippen molar-refractivity contribution >= 4 is 17.3 Å². The van der Waals surface area contributed by atoms with E-state index in [-0.39, 0.29) is 12.4 Å². The number of carbonyl (C=O) groups excluding carboxylic acids is 1. The molecule has 0 radical (unpaired) electrons. The van der Waals surface area contributed by atoms with Crippen LogP contribution in [0.1, 0.15) is 16.2 Å². The third-order valence-electron chi connectivity index (χ3n) is 3.26. The Labute approximate surface area is 142 Å². The molecule has 0 fully saturated rings. The van der Waals surface area contributed by atoms with Crippen LogP contribution in [0.25, 0.3) is 10.6 Å². The average molecular weight is 345 g/mol. The molecule has 0 aliphatic carbocycles. The van der Waals surface area contributed by atoms with Crippen molar-refractivity contribution in [3.05, 3.63) is 53.4 Å². The van der Waals surface area contributed by atoms with E-state index >= 15 is 0 Å². The van der Waals surface area contributed by atoms with Crippen molar-refractivity contribution in [2.24, 2.45) is 0 Å². The third-order valence-corrected chi connectivity index (χ3v) is 4.18. The number of para-hydroxylation sites is 1. The molecular weight excluding hydrogens is 330 g/mol. The van der Waals surface area contributed by atoms with Gasteiger partial charge in [0, 0.05) is 5.38 Å². The topological polar surface area (TPSA) is 70.8 Å². The van der Waals surface area contributed by atoms with Crippen LogP contribution < -0.4 is 9.47 Å². The normalized spacial score (nSPS) is 10.4. The second-order valence-corrected chi connectivity index (χ2v) is 5.60. The maximum absolute atomic E-state index is 11.8. The van der Waals surface area contributed by atoms with Crippen LogP contribution in [0, 0.1) is 0 Å². The Morgan fingerprint density at radius 1 is 1.21 bits per heavy atom. The molecule has 1 aromatic carbocycles. The summed E-state index contributed by atoms with van der Waals surface area (Å²) >= 11 is 1.44. The van der Waals surface area contributed by atoms with E-state index in [0.717, 1.165) is 10.6 Å². The predicted molar refractivity (Wildman–Crippen MR) is 88.5 cm³/mol. The number of carbonyl (C=O) groups is 1. The van der Waals surface area contributed by atoms with Gasteiger partial charge in [-0.15, -0.1) is 11.3 Å². The minimum absolute atomic E-state index is 0.0717. The molecule has 0 saturated heterocycles. The molecule has 2 heterocycles. The highest BCUT2D eigenvalue weighted by atomic mass is 32.1. The van der Waals surface area contributed by atoms with Gasteiger partial charge >= 0.3 is 5.97 Å². The third kappa shape index (κ3) is 3.26. The van der Waals surface area contributed by atoms with Crippen LogP contribution in [0.2, 0.25) is 0 Å². The highest BCUT2D eigenvalue weighted by Crippen LogP contribution is 2.38. The molecule has 0 atom stereocenters. The number of aromatic nitrogens is 1. The molecule has 24 heavy (non-hydrogen) atoms. The van der Waals surface area contributed by atoms with Crippen LogP contribution in [0.3, 0.4) is 0 Å². The Morgan fingerprint density at radius 2 is 2.08 bits per heavy atom. The van der Waals surface area contributed by atoms with Gasteiger partial charge in [-0.1, -0.05) is 6.07 Å². The van der Waals surface area contributed by atoms with Gasteiger partial charge in [-0.05, 0) is 24.3 Å². The van der Waals surface area contributed by atoms with E-state index in [0.29, 0.717) is 17.2 Å². The summed E-state index contributed by atoms with van der Waals surface area (Å²) in [5, 5.41) is 2.60. The van der Waals surface area contributed by atoms with Crippen LogP contribution in [0.5, 0.6) is 11.5 Å². The summed E-state index contributed by atoms with van der Waals surface area (Å²) in [6, 6.07) is 8.78. The SMILES string of the molecule is COc1cccc(-c2nc(COC(=O)c3ccco3)cs2)c1OC. The minimum atomic E-state index is -0.520. The first-order chi connectivity index (χ1) is 11.7. The van der Waals surface area contributed by atoms with Gasteiger partial charge in [0.1, 0.15) is 11.6 Å². The van der Waals surface area contributed by atoms with Gasteiger partial charge in [-0.3, -0.25) is 0 Å². The number of nitrogens with zero attached hydrogens (tertiary/aromatic N) is 1. The lowest BCUT2D eigenvalue weighted by atomic mass is 10.2. The van der Waals surface area contributed by atoms with Crippen molar-refractivity contribution in [3.63, 3.8) is 0 Å². The Balaban J connectivity index is 1.75. The Bertz CT molecular complexity index is 825. The van der Waals surface area contributed by atoms with E-state index < -0.39 is 5.97 Å². The van der Waals surface area contributed by atoms with E-state index in [4.69, 9.17) is 18.6 Å². The Morgan fingerprint density at radius 3 is 2.79 bits per heavy atom. The molecule has 0 amide bonds. The molecule has 0 spiro atoms. The van der Waals surface area contributed by atoms with Crippen LogP contribution >= 0.6 is 11.3 Å². The molecule has 6 nitrogen and oxygen atoms in total. The molecule has 0 aliphatic rings. The zero-order valence-corrected chi connectivity index (χ0v) is 14.0. The summed E-state index contributed by atoms with van der Waals surface area (Å²) in [7, 11) is 3.17. The first-order valence-corrected chi connectivity index (χ1v) is 7.97. The number of benzene rings is 1. The zero-order chi connectivity index (χ0) is 16.9. The van der Waals surface area contributed by atoms with Gasteiger partial charge in [-0.25, -0.2) is 9.78 Å². The van der Waals surface area contributed by atoms with Crippen LogP contribution in [0.15, 0.2) is 46.4 Å². The molecule has 0 unspecified atom stereocenters. The number of methoxy groups -OCH3 is 2. The number of esters is 1. The molecule has 124 valence electrons. The van der Waals surface area contributed by atoms with E-state index in [1.54, 1.807) is 26.4 Å². The zero-order valence-electron chi connectivity index (χ0n) is 13.1. The van der Waals surface area contributed by atoms with E-state index in [2.05, 4.69) is 4.98 Å².